The predicted molar refractivity (Wildman–Crippen MR) is 65.4 cm³/mol. The van der Waals surface area contributed by atoms with Crippen molar-refractivity contribution in [3.8, 4) is 5.75 Å². The smallest absolute Gasteiger partial charge is 0.122 e. The fourth-order valence-electron chi connectivity index (χ4n) is 2.29. The highest BCUT2D eigenvalue weighted by Crippen LogP contribution is 2.31. The highest BCUT2D eigenvalue weighted by molar-refractivity contribution is 5.57. The first-order valence-corrected chi connectivity index (χ1v) is 5.63. The number of anilines is 1. The summed E-state index contributed by atoms with van der Waals surface area (Å²) in [6.07, 6.45) is 0.990. The van der Waals surface area contributed by atoms with Gasteiger partial charge in [0.15, 0.2) is 0 Å². The van der Waals surface area contributed by atoms with E-state index in [-0.39, 0.29) is 0 Å². The minimum atomic E-state index is 0.694. The minimum absolute atomic E-state index is 0.694. The lowest BCUT2D eigenvalue weighted by atomic mass is 9.97. The molecule has 0 radical (unpaired) electrons. The van der Waals surface area contributed by atoms with E-state index in [1.807, 2.05) is 12.1 Å². The second kappa shape index (κ2) is 4.72. The van der Waals surface area contributed by atoms with Gasteiger partial charge in [0.1, 0.15) is 5.75 Å². The summed E-state index contributed by atoms with van der Waals surface area (Å²) in [6, 6.07) is 3.87. The molecule has 1 heterocycles. The Morgan fingerprint density at radius 2 is 2.19 bits per heavy atom. The van der Waals surface area contributed by atoms with Crippen LogP contribution < -0.4 is 16.2 Å². The fourth-order valence-corrected chi connectivity index (χ4v) is 2.29. The van der Waals surface area contributed by atoms with Crippen molar-refractivity contribution in [3.05, 3.63) is 23.3 Å². The van der Waals surface area contributed by atoms with Gasteiger partial charge in [-0.3, -0.25) is 4.90 Å². The molecule has 0 saturated carbocycles. The van der Waals surface area contributed by atoms with Gasteiger partial charge in [-0.15, -0.1) is 0 Å². The van der Waals surface area contributed by atoms with Crippen molar-refractivity contribution >= 4 is 5.69 Å². The molecule has 1 aliphatic heterocycles. The van der Waals surface area contributed by atoms with Gasteiger partial charge in [0.2, 0.25) is 0 Å². The Morgan fingerprint density at radius 3 is 2.88 bits per heavy atom. The molecule has 0 aromatic heterocycles. The van der Waals surface area contributed by atoms with E-state index in [9.17, 15) is 0 Å². The molecule has 4 heteroatoms. The maximum absolute atomic E-state index is 6.01. The average Bonchev–Trinajstić information content (AvgIpc) is 2.31. The zero-order valence-corrected chi connectivity index (χ0v) is 9.70. The molecule has 0 saturated heterocycles. The van der Waals surface area contributed by atoms with Gasteiger partial charge in [-0.25, -0.2) is 0 Å². The summed E-state index contributed by atoms with van der Waals surface area (Å²) in [5.41, 5.74) is 14.9. The van der Waals surface area contributed by atoms with E-state index in [4.69, 9.17) is 16.2 Å². The first-order valence-electron chi connectivity index (χ1n) is 5.63. The molecule has 0 unspecified atom stereocenters. The molecule has 0 amide bonds. The second-order valence-corrected chi connectivity index (χ2v) is 4.13. The van der Waals surface area contributed by atoms with Gasteiger partial charge in [0.25, 0.3) is 0 Å². The summed E-state index contributed by atoms with van der Waals surface area (Å²) in [5.74, 6) is 0.955. The molecule has 16 heavy (non-hydrogen) atoms. The summed E-state index contributed by atoms with van der Waals surface area (Å²) in [4.78, 5) is 2.33. The van der Waals surface area contributed by atoms with Crippen LogP contribution in [0.15, 0.2) is 12.1 Å². The molecule has 1 aromatic rings. The molecule has 0 atom stereocenters. The van der Waals surface area contributed by atoms with E-state index in [0.717, 1.165) is 37.5 Å². The van der Waals surface area contributed by atoms with Crippen molar-refractivity contribution in [3.63, 3.8) is 0 Å². The monoisotopic (exact) mass is 221 g/mol. The number of nitrogen functional groups attached to an aromatic ring is 1. The van der Waals surface area contributed by atoms with Gasteiger partial charge < -0.3 is 16.2 Å². The van der Waals surface area contributed by atoms with Crippen LogP contribution in [-0.4, -0.2) is 31.6 Å². The molecule has 88 valence electrons. The molecule has 4 nitrogen and oxygen atoms in total. The summed E-state index contributed by atoms with van der Waals surface area (Å²) >= 11 is 0. The van der Waals surface area contributed by atoms with E-state index in [0.29, 0.717) is 6.54 Å². The number of rotatable bonds is 3. The van der Waals surface area contributed by atoms with Gasteiger partial charge in [0.05, 0.1) is 7.11 Å². The first-order chi connectivity index (χ1) is 7.76. The number of ether oxygens (including phenoxy) is 1. The molecule has 2 rings (SSSR count). The van der Waals surface area contributed by atoms with Crippen LogP contribution in [0.5, 0.6) is 5.75 Å². The number of hydrogen-bond acceptors (Lipinski definition) is 4. The third kappa shape index (κ3) is 1.99. The molecule has 4 N–H and O–H groups in total. The molecular formula is C12H19N3O. The number of fused-ring (bicyclic) bond motifs is 1. The van der Waals surface area contributed by atoms with Gasteiger partial charge in [-0.2, -0.15) is 0 Å². The van der Waals surface area contributed by atoms with Crippen molar-refractivity contribution < 1.29 is 4.74 Å². The quantitative estimate of drug-likeness (QED) is 0.733. The zero-order valence-electron chi connectivity index (χ0n) is 9.70. The SMILES string of the molecule is COc1ccc(N)c2c1CCN(CCN)C2. The lowest BCUT2D eigenvalue weighted by Gasteiger charge is -2.30. The summed E-state index contributed by atoms with van der Waals surface area (Å²) < 4.78 is 5.36. The van der Waals surface area contributed by atoms with Crippen LogP contribution >= 0.6 is 0 Å². The predicted octanol–water partition coefficient (Wildman–Crippen LogP) is 0.594. The fraction of sp³-hybridized carbons (Fsp3) is 0.500. The van der Waals surface area contributed by atoms with E-state index in [1.165, 1.54) is 11.1 Å². The van der Waals surface area contributed by atoms with E-state index >= 15 is 0 Å². The van der Waals surface area contributed by atoms with Gasteiger partial charge in [0, 0.05) is 37.4 Å². The Kier molecular flexibility index (Phi) is 3.31. The van der Waals surface area contributed by atoms with Crippen molar-refractivity contribution in [1.82, 2.24) is 4.90 Å². The van der Waals surface area contributed by atoms with Gasteiger partial charge in [-0.1, -0.05) is 0 Å². The van der Waals surface area contributed by atoms with Crippen LogP contribution in [0.25, 0.3) is 0 Å². The molecule has 1 aliphatic rings. The molecule has 1 aromatic carbocycles. The third-order valence-corrected chi connectivity index (χ3v) is 3.15. The topological polar surface area (TPSA) is 64.5 Å². The van der Waals surface area contributed by atoms with Crippen LogP contribution in [0.2, 0.25) is 0 Å². The van der Waals surface area contributed by atoms with Crippen molar-refractivity contribution in [2.24, 2.45) is 5.73 Å². The highest BCUT2D eigenvalue weighted by Gasteiger charge is 2.20. The van der Waals surface area contributed by atoms with Crippen LogP contribution in [0.4, 0.5) is 5.69 Å². The van der Waals surface area contributed by atoms with Gasteiger partial charge in [-0.05, 0) is 24.1 Å². The summed E-state index contributed by atoms with van der Waals surface area (Å²) in [6.45, 7) is 3.54. The molecular weight excluding hydrogens is 202 g/mol. The molecule has 0 bridgehead atoms. The molecule has 0 spiro atoms. The third-order valence-electron chi connectivity index (χ3n) is 3.15. The Hall–Kier alpha value is -1.26. The maximum atomic E-state index is 6.01. The maximum Gasteiger partial charge on any atom is 0.122 e. The normalized spacial score (nSPS) is 15.9. The van der Waals surface area contributed by atoms with Crippen molar-refractivity contribution in [2.45, 2.75) is 13.0 Å². The number of nitrogens with two attached hydrogens (primary N) is 2. The summed E-state index contributed by atoms with van der Waals surface area (Å²) in [7, 11) is 1.71. The Labute approximate surface area is 96.2 Å². The Balaban J connectivity index is 2.30. The van der Waals surface area contributed by atoms with Crippen LogP contribution in [0, 0.1) is 0 Å². The van der Waals surface area contributed by atoms with Crippen molar-refractivity contribution in [1.29, 1.82) is 0 Å². The second-order valence-electron chi connectivity index (χ2n) is 4.13. The minimum Gasteiger partial charge on any atom is -0.496 e. The van der Waals surface area contributed by atoms with E-state index in [2.05, 4.69) is 4.90 Å². The number of hydrogen-bond donors (Lipinski definition) is 2. The number of benzene rings is 1. The van der Waals surface area contributed by atoms with Crippen LogP contribution in [-0.2, 0) is 13.0 Å². The van der Waals surface area contributed by atoms with Crippen LogP contribution in [0.1, 0.15) is 11.1 Å². The van der Waals surface area contributed by atoms with E-state index in [1.54, 1.807) is 7.11 Å². The Morgan fingerprint density at radius 1 is 1.38 bits per heavy atom. The van der Waals surface area contributed by atoms with Crippen molar-refractivity contribution in [2.75, 3.05) is 32.5 Å². The lowest BCUT2D eigenvalue weighted by Crippen LogP contribution is -2.35. The van der Waals surface area contributed by atoms with Gasteiger partial charge >= 0.3 is 0 Å². The first kappa shape index (κ1) is 11.2. The van der Waals surface area contributed by atoms with E-state index < -0.39 is 0 Å². The molecule has 0 fully saturated rings. The summed E-state index contributed by atoms with van der Waals surface area (Å²) in [5, 5.41) is 0. The van der Waals surface area contributed by atoms with Crippen LogP contribution in [0.3, 0.4) is 0 Å². The zero-order chi connectivity index (χ0) is 11.5. The number of methoxy groups -OCH3 is 1. The standard InChI is InChI=1S/C12H19N3O/c1-16-12-3-2-11(14)10-8-15(7-5-13)6-4-9(10)12/h2-3H,4-8,13-14H2,1H3. The number of nitrogens with zero attached hydrogens (tertiary/aromatic N) is 1. The highest BCUT2D eigenvalue weighted by atomic mass is 16.5. The molecule has 0 aliphatic carbocycles. The lowest BCUT2D eigenvalue weighted by molar-refractivity contribution is 0.259. The largest absolute Gasteiger partial charge is 0.496 e. The average molecular weight is 221 g/mol. The Bertz CT molecular complexity index is 379.